The molecule has 10 heteroatoms. The minimum Gasteiger partial charge on any atom is -0.446 e. The van der Waals surface area contributed by atoms with Crippen LogP contribution in [-0.4, -0.2) is 52.6 Å². The molecule has 0 bridgehead atoms. The first-order valence-electron chi connectivity index (χ1n) is 5.28. The van der Waals surface area contributed by atoms with Crippen molar-refractivity contribution in [2.24, 2.45) is 0 Å². The van der Waals surface area contributed by atoms with Crippen molar-refractivity contribution in [1.82, 2.24) is 9.03 Å². The largest absolute Gasteiger partial charge is 0.446 e. The normalized spacial score (nSPS) is 13.1. The summed E-state index contributed by atoms with van der Waals surface area (Å²) in [4.78, 5) is 0. The van der Waals surface area contributed by atoms with Gasteiger partial charge in [0.05, 0.1) is 5.75 Å². The third-order valence-electron chi connectivity index (χ3n) is 2.27. The highest BCUT2D eigenvalue weighted by atomic mass is 32.2. The van der Waals surface area contributed by atoms with Gasteiger partial charge in [-0.25, -0.2) is 25.9 Å². The Labute approximate surface area is 112 Å². The average Bonchev–Trinajstić information content (AvgIpc) is 2.77. The maximum absolute atomic E-state index is 11.7. The topological polar surface area (TPSA) is 117 Å². The fourth-order valence-electron chi connectivity index (χ4n) is 1.15. The molecule has 110 valence electrons. The summed E-state index contributed by atoms with van der Waals surface area (Å²) in [5.41, 5.74) is 0. The molecule has 0 radical (unpaired) electrons. The molecule has 8 nitrogen and oxygen atoms in total. The molecule has 1 rings (SSSR count). The van der Waals surface area contributed by atoms with Crippen LogP contribution < -0.4 is 4.72 Å². The molecule has 1 heterocycles. The third kappa shape index (κ3) is 4.28. The molecule has 0 saturated heterocycles. The number of aliphatic hydroxyl groups excluding tert-OH is 1. The molecule has 0 unspecified atom stereocenters. The first kappa shape index (κ1) is 16.1. The lowest BCUT2D eigenvalue weighted by Gasteiger charge is -2.11. The molecule has 2 N–H and O–H groups in total. The Bertz CT molecular complexity index is 617. The summed E-state index contributed by atoms with van der Waals surface area (Å²) >= 11 is 0. The van der Waals surface area contributed by atoms with Crippen LogP contribution in [0.3, 0.4) is 0 Å². The number of sulfonamides is 2. The molecule has 0 fully saturated rings. The molecule has 1 aromatic heterocycles. The SMILES string of the molecule is CN(C)S(=O)(=O)CCNS(=O)(=O)c1ccc(CO)o1. The first-order chi connectivity index (χ1) is 8.69. The van der Waals surface area contributed by atoms with Gasteiger partial charge in [0.2, 0.25) is 15.1 Å². The van der Waals surface area contributed by atoms with Crippen LogP contribution in [0.5, 0.6) is 0 Å². The Kier molecular flexibility index (Phi) is 5.10. The number of furan rings is 1. The molecule has 0 aromatic carbocycles. The number of hydrogen-bond acceptors (Lipinski definition) is 6. The second-order valence-corrected chi connectivity index (χ2v) is 7.88. The van der Waals surface area contributed by atoms with Crippen LogP contribution >= 0.6 is 0 Å². The molecular formula is C9H16N2O6S2. The summed E-state index contributed by atoms with van der Waals surface area (Å²) < 4.78 is 54.3. The predicted molar refractivity (Wildman–Crippen MR) is 67.3 cm³/mol. The van der Waals surface area contributed by atoms with E-state index in [1.54, 1.807) is 0 Å². The van der Waals surface area contributed by atoms with Crippen LogP contribution in [0.25, 0.3) is 0 Å². The molecule has 0 aliphatic carbocycles. The van der Waals surface area contributed by atoms with Crippen LogP contribution in [0.1, 0.15) is 5.76 Å². The van der Waals surface area contributed by atoms with E-state index in [2.05, 4.69) is 4.72 Å². The summed E-state index contributed by atoms with van der Waals surface area (Å²) in [7, 11) is -4.64. The summed E-state index contributed by atoms with van der Waals surface area (Å²) in [5.74, 6) is -0.242. The van der Waals surface area contributed by atoms with Gasteiger partial charge in [-0.2, -0.15) is 0 Å². The Balaban J connectivity index is 2.67. The van der Waals surface area contributed by atoms with Crippen molar-refractivity contribution in [3.63, 3.8) is 0 Å². The van der Waals surface area contributed by atoms with Crippen molar-refractivity contribution in [3.05, 3.63) is 17.9 Å². The van der Waals surface area contributed by atoms with E-state index >= 15 is 0 Å². The van der Waals surface area contributed by atoms with Gasteiger partial charge in [0.1, 0.15) is 12.4 Å². The van der Waals surface area contributed by atoms with Crippen LogP contribution in [0.15, 0.2) is 21.6 Å². The molecule has 0 atom stereocenters. The second kappa shape index (κ2) is 6.01. The van der Waals surface area contributed by atoms with Crippen molar-refractivity contribution in [3.8, 4) is 0 Å². The number of rotatable bonds is 7. The van der Waals surface area contributed by atoms with Crippen molar-refractivity contribution < 1.29 is 26.4 Å². The molecule has 0 amide bonds. The fourth-order valence-corrected chi connectivity index (χ4v) is 2.98. The monoisotopic (exact) mass is 312 g/mol. The van der Waals surface area contributed by atoms with E-state index in [0.717, 1.165) is 4.31 Å². The van der Waals surface area contributed by atoms with Gasteiger partial charge in [0.25, 0.3) is 10.0 Å². The molecule has 0 aliphatic heterocycles. The van der Waals surface area contributed by atoms with Gasteiger partial charge in [-0.1, -0.05) is 0 Å². The Morgan fingerprint density at radius 2 is 1.89 bits per heavy atom. The van der Waals surface area contributed by atoms with E-state index in [-0.39, 0.29) is 23.2 Å². The maximum Gasteiger partial charge on any atom is 0.273 e. The van der Waals surface area contributed by atoms with E-state index in [1.165, 1.54) is 26.2 Å². The molecular weight excluding hydrogens is 296 g/mol. The molecule has 1 aromatic rings. The zero-order valence-electron chi connectivity index (χ0n) is 10.5. The predicted octanol–water partition coefficient (Wildman–Crippen LogP) is -1.06. The highest BCUT2D eigenvalue weighted by molar-refractivity contribution is 7.90. The van der Waals surface area contributed by atoms with Gasteiger partial charge in [-0.05, 0) is 12.1 Å². The van der Waals surface area contributed by atoms with Crippen LogP contribution in [0, 0.1) is 0 Å². The number of nitrogens with one attached hydrogen (secondary N) is 1. The van der Waals surface area contributed by atoms with Gasteiger partial charge in [-0.15, -0.1) is 0 Å². The van der Waals surface area contributed by atoms with Crippen molar-refractivity contribution >= 4 is 20.0 Å². The van der Waals surface area contributed by atoms with Crippen LogP contribution in [-0.2, 0) is 26.7 Å². The molecule has 19 heavy (non-hydrogen) atoms. The Morgan fingerprint density at radius 1 is 1.26 bits per heavy atom. The molecule has 0 spiro atoms. The first-order valence-corrected chi connectivity index (χ1v) is 8.38. The van der Waals surface area contributed by atoms with E-state index in [0.29, 0.717) is 0 Å². The highest BCUT2D eigenvalue weighted by Gasteiger charge is 2.20. The number of aliphatic hydroxyl groups is 1. The maximum atomic E-state index is 11.7. The van der Waals surface area contributed by atoms with Gasteiger partial charge in [0.15, 0.2) is 0 Å². The van der Waals surface area contributed by atoms with Gasteiger partial charge in [-0.3, -0.25) is 0 Å². The van der Waals surface area contributed by atoms with Gasteiger partial charge in [0, 0.05) is 20.6 Å². The standard InChI is InChI=1S/C9H16N2O6S2/c1-11(2)18(13,14)6-5-10-19(15,16)9-4-3-8(7-12)17-9/h3-4,10,12H,5-7H2,1-2H3. The molecule has 0 aliphatic rings. The summed E-state index contributed by atoms with van der Waals surface area (Å²) in [6.45, 7) is -0.678. The molecule has 0 saturated carbocycles. The Morgan fingerprint density at radius 3 is 2.37 bits per heavy atom. The minimum atomic E-state index is -3.91. The Hall–Kier alpha value is -0.940. The quantitative estimate of drug-likeness (QED) is 0.663. The minimum absolute atomic E-state index is 0.112. The zero-order chi connectivity index (χ0) is 14.7. The summed E-state index contributed by atoms with van der Waals surface area (Å²) in [6.07, 6.45) is 0. The summed E-state index contributed by atoms with van der Waals surface area (Å²) in [6, 6.07) is 2.51. The second-order valence-electron chi connectivity index (χ2n) is 3.88. The summed E-state index contributed by atoms with van der Waals surface area (Å²) in [5, 5.41) is 8.40. The number of hydrogen-bond donors (Lipinski definition) is 2. The van der Waals surface area contributed by atoms with Crippen molar-refractivity contribution in [2.75, 3.05) is 26.4 Å². The lowest BCUT2D eigenvalue weighted by atomic mass is 10.5. The van der Waals surface area contributed by atoms with E-state index in [4.69, 9.17) is 9.52 Å². The zero-order valence-corrected chi connectivity index (χ0v) is 12.2. The van der Waals surface area contributed by atoms with Gasteiger partial charge >= 0.3 is 0 Å². The van der Waals surface area contributed by atoms with Crippen LogP contribution in [0.2, 0.25) is 0 Å². The van der Waals surface area contributed by atoms with Crippen molar-refractivity contribution in [1.29, 1.82) is 0 Å². The third-order valence-corrected chi connectivity index (χ3v) is 5.43. The fraction of sp³-hybridized carbons (Fsp3) is 0.556. The van der Waals surface area contributed by atoms with Crippen molar-refractivity contribution in [2.45, 2.75) is 11.7 Å². The van der Waals surface area contributed by atoms with Crippen LogP contribution in [0.4, 0.5) is 0 Å². The number of nitrogens with zero attached hydrogens (tertiary/aromatic N) is 1. The van der Waals surface area contributed by atoms with Gasteiger partial charge < -0.3 is 9.52 Å². The average molecular weight is 312 g/mol. The smallest absolute Gasteiger partial charge is 0.273 e. The van der Waals surface area contributed by atoms with E-state index in [1.807, 2.05) is 0 Å². The van der Waals surface area contributed by atoms with E-state index < -0.39 is 26.7 Å². The lowest BCUT2D eigenvalue weighted by molar-refractivity contribution is 0.236. The lowest BCUT2D eigenvalue weighted by Crippen LogP contribution is -2.33. The highest BCUT2D eigenvalue weighted by Crippen LogP contribution is 2.13. The van der Waals surface area contributed by atoms with E-state index in [9.17, 15) is 16.8 Å².